The zero-order chi connectivity index (χ0) is 46.3. The Kier molecular flexibility index (Phi) is 53.3. The molecule has 0 fully saturated rings. The van der Waals surface area contributed by atoms with E-state index in [9.17, 15) is 9.59 Å². The van der Waals surface area contributed by atoms with Crippen molar-refractivity contribution >= 4 is 11.9 Å². The molecule has 0 bridgehead atoms. The molecule has 0 aromatic heterocycles. The molecule has 0 rings (SSSR count). The normalized spacial score (nSPS) is 12.5. The van der Waals surface area contributed by atoms with Crippen LogP contribution >= 0.6 is 0 Å². The van der Waals surface area contributed by atoms with Crippen molar-refractivity contribution in [2.24, 2.45) is 0 Å². The first kappa shape index (κ1) is 61.9. The third kappa shape index (κ3) is 52.5. The maximum atomic E-state index is 12.8. The molecule has 0 heterocycles. The molecule has 0 aliphatic carbocycles. The van der Waals surface area contributed by atoms with E-state index in [0.29, 0.717) is 19.4 Å². The van der Waals surface area contributed by atoms with E-state index in [0.717, 1.165) is 57.8 Å². The lowest BCUT2D eigenvalue weighted by Crippen LogP contribution is -2.30. The van der Waals surface area contributed by atoms with Gasteiger partial charge in [-0.05, 0) is 83.5 Å². The summed E-state index contributed by atoms with van der Waals surface area (Å²) < 4.78 is 17.4. The zero-order valence-electron chi connectivity index (χ0n) is 43.1. The van der Waals surface area contributed by atoms with Gasteiger partial charge in [0.05, 0.1) is 6.61 Å². The summed E-state index contributed by atoms with van der Waals surface area (Å²) >= 11 is 0. The third-order valence-electron chi connectivity index (χ3n) is 12.3. The summed E-state index contributed by atoms with van der Waals surface area (Å²) in [5, 5.41) is 0. The fraction of sp³-hybridized carbons (Fsp3) is 0.831. The predicted molar refractivity (Wildman–Crippen MR) is 279 cm³/mol. The van der Waals surface area contributed by atoms with Gasteiger partial charge in [0.1, 0.15) is 6.61 Å². The fourth-order valence-electron chi connectivity index (χ4n) is 8.10. The van der Waals surface area contributed by atoms with E-state index in [1.807, 2.05) is 0 Å². The van der Waals surface area contributed by atoms with Crippen molar-refractivity contribution in [2.45, 2.75) is 297 Å². The second kappa shape index (κ2) is 55.2. The van der Waals surface area contributed by atoms with Crippen LogP contribution in [0, 0.1) is 0 Å². The van der Waals surface area contributed by atoms with Gasteiger partial charge in [-0.1, -0.05) is 243 Å². The Balaban J connectivity index is 4.20. The summed E-state index contributed by atoms with van der Waals surface area (Å²) in [4.78, 5) is 25.4. The quantitative estimate of drug-likeness (QED) is 0.0346. The zero-order valence-corrected chi connectivity index (χ0v) is 43.1. The van der Waals surface area contributed by atoms with Crippen molar-refractivity contribution in [3.8, 4) is 0 Å². The molecule has 0 saturated carbocycles. The van der Waals surface area contributed by atoms with Crippen LogP contribution in [0.3, 0.4) is 0 Å². The average molecular weight is 898 g/mol. The minimum Gasteiger partial charge on any atom is -0.462 e. The topological polar surface area (TPSA) is 61.8 Å². The summed E-state index contributed by atoms with van der Waals surface area (Å²) in [6.07, 6.45) is 68.4. The summed E-state index contributed by atoms with van der Waals surface area (Å²) in [6.45, 7) is 7.80. The maximum absolute atomic E-state index is 12.8. The lowest BCUT2D eigenvalue weighted by atomic mass is 10.1. The molecule has 0 aliphatic heterocycles. The van der Waals surface area contributed by atoms with E-state index < -0.39 is 6.10 Å². The number of carbonyl (C=O) groups is 2. The fourth-order valence-corrected chi connectivity index (χ4v) is 8.10. The van der Waals surface area contributed by atoms with Crippen LogP contribution in [-0.4, -0.2) is 37.9 Å². The van der Waals surface area contributed by atoms with Crippen LogP contribution in [-0.2, 0) is 23.8 Å². The number of rotatable bonds is 52. The number of unbranched alkanes of at least 4 members (excludes halogenated alkanes) is 33. The molecule has 0 aromatic rings. The number of hydrogen-bond donors (Lipinski definition) is 0. The summed E-state index contributed by atoms with van der Waals surface area (Å²) in [5.74, 6) is -0.395. The first-order valence-electron chi connectivity index (χ1n) is 28.2. The smallest absolute Gasteiger partial charge is 0.306 e. The van der Waals surface area contributed by atoms with Crippen LogP contribution in [0.2, 0.25) is 0 Å². The van der Waals surface area contributed by atoms with E-state index in [4.69, 9.17) is 14.2 Å². The van der Waals surface area contributed by atoms with Crippen LogP contribution in [0.15, 0.2) is 48.6 Å². The van der Waals surface area contributed by atoms with Crippen molar-refractivity contribution in [3.63, 3.8) is 0 Å². The van der Waals surface area contributed by atoms with Gasteiger partial charge in [-0.2, -0.15) is 0 Å². The minimum atomic E-state index is -0.538. The predicted octanol–water partition coefficient (Wildman–Crippen LogP) is 19.1. The van der Waals surface area contributed by atoms with Gasteiger partial charge < -0.3 is 14.2 Å². The maximum Gasteiger partial charge on any atom is 0.306 e. The summed E-state index contributed by atoms with van der Waals surface area (Å²) in [7, 11) is 0. The van der Waals surface area contributed by atoms with Crippen molar-refractivity contribution in [1.29, 1.82) is 0 Å². The van der Waals surface area contributed by atoms with Crippen molar-refractivity contribution in [2.75, 3.05) is 19.8 Å². The summed E-state index contributed by atoms with van der Waals surface area (Å²) in [6, 6.07) is 0. The highest BCUT2D eigenvalue weighted by Gasteiger charge is 2.17. The highest BCUT2D eigenvalue weighted by Crippen LogP contribution is 2.15. The van der Waals surface area contributed by atoms with E-state index in [2.05, 4.69) is 69.4 Å². The standard InChI is InChI=1S/C59H108O5/c1-4-7-10-13-16-19-22-24-26-28-29-30-32-34-36-39-42-45-48-51-54-62-55-57(64-59(61)53-50-47-44-41-37-21-18-15-12-9-6-3)56-63-58(60)52-49-46-43-40-38-35-33-31-27-25-23-20-17-14-11-8-5-2/h16-17,19-20,24-27,57H,4-15,18,21-23,28-56H2,1-3H3/b19-16-,20-17-,26-24-,27-25-. The van der Waals surface area contributed by atoms with Crippen LogP contribution < -0.4 is 0 Å². The van der Waals surface area contributed by atoms with Crippen LogP contribution in [0.4, 0.5) is 0 Å². The van der Waals surface area contributed by atoms with E-state index >= 15 is 0 Å². The van der Waals surface area contributed by atoms with E-state index in [1.54, 1.807) is 0 Å². The SMILES string of the molecule is CCCCC/C=C\C/C=C\CCCCCCCCCCCCOCC(COC(=O)CCCCCCCCC/C=C\C/C=C\CCCCC)OC(=O)CCCCCCCCCCCCC. The number of carbonyl (C=O) groups excluding carboxylic acids is 2. The Hall–Kier alpha value is -2.14. The first-order chi connectivity index (χ1) is 31.6. The molecule has 0 aromatic carbocycles. The van der Waals surface area contributed by atoms with Crippen LogP contribution in [0.1, 0.15) is 290 Å². The molecule has 1 unspecified atom stereocenters. The summed E-state index contributed by atoms with van der Waals surface area (Å²) in [5.41, 5.74) is 0. The minimum absolute atomic E-state index is 0.0834. The van der Waals surface area contributed by atoms with E-state index in [1.165, 1.54) is 199 Å². The lowest BCUT2D eigenvalue weighted by molar-refractivity contribution is -0.163. The van der Waals surface area contributed by atoms with Gasteiger partial charge in [-0.3, -0.25) is 9.59 Å². The van der Waals surface area contributed by atoms with Gasteiger partial charge in [0.15, 0.2) is 6.10 Å². The highest BCUT2D eigenvalue weighted by molar-refractivity contribution is 5.70. The molecule has 0 spiro atoms. The van der Waals surface area contributed by atoms with Crippen LogP contribution in [0.5, 0.6) is 0 Å². The van der Waals surface area contributed by atoms with Gasteiger partial charge in [-0.15, -0.1) is 0 Å². The van der Waals surface area contributed by atoms with Crippen molar-refractivity contribution < 1.29 is 23.8 Å². The molecule has 5 heteroatoms. The molecule has 1 atom stereocenters. The highest BCUT2D eigenvalue weighted by atomic mass is 16.6. The van der Waals surface area contributed by atoms with Gasteiger partial charge in [-0.25, -0.2) is 0 Å². The molecule has 374 valence electrons. The van der Waals surface area contributed by atoms with Crippen molar-refractivity contribution in [3.05, 3.63) is 48.6 Å². The Morgan fingerprint density at radius 3 is 1.06 bits per heavy atom. The number of ether oxygens (including phenoxy) is 3. The molecule has 64 heavy (non-hydrogen) atoms. The molecular weight excluding hydrogens is 789 g/mol. The second-order valence-electron chi connectivity index (χ2n) is 18.8. The second-order valence-corrected chi connectivity index (χ2v) is 18.8. The number of allylic oxidation sites excluding steroid dienone is 8. The number of esters is 2. The Morgan fingerprint density at radius 1 is 0.344 bits per heavy atom. The average Bonchev–Trinajstić information content (AvgIpc) is 3.30. The molecule has 0 amide bonds. The van der Waals surface area contributed by atoms with E-state index in [-0.39, 0.29) is 25.2 Å². The van der Waals surface area contributed by atoms with Gasteiger partial charge in [0, 0.05) is 19.4 Å². The van der Waals surface area contributed by atoms with Gasteiger partial charge >= 0.3 is 11.9 Å². The molecule has 0 N–H and O–H groups in total. The van der Waals surface area contributed by atoms with Gasteiger partial charge in [0.25, 0.3) is 0 Å². The largest absolute Gasteiger partial charge is 0.462 e. The number of hydrogen-bond acceptors (Lipinski definition) is 5. The first-order valence-corrected chi connectivity index (χ1v) is 28.2. The molecule has 5 nitrogen and oxygen atoms in total. The van der Waals surface area contributed by atoms with Gasteiger partial charge in [0.2, 0.25) is 0 Å². The molecular formula is C59H108O5. The van der Waals surface area contributed by atoms with Crippen LogP contribution in [0.25, 0.3) is 0 Å². The van der Waals surface area contributed by atoms with Crippen molar-refractivity contribution in [1.82, 2.24) is 0 Å². The third-order valence-corrected chi connectivity index (χ3v) is 12.3. The Bertz CT molecular complexity index is 1060. The molecule has 0 saturated heterocycles. The molecule has 0 aliphatic rings. The molecule has 0 radical (unpaired) electrons. The monoisotopic (exact) mass is 897 g/mol. The Morgan fingerprint density at radius 2 is 0.656 bits per heavy atom. The Labute approximate surface area is 399 Å². The lowest BCUT2D eigenvalue weighted by Gasteiger charge is -2.18.